The first-order chi connectivity index (χ1) is 26.0. The molecule has 3 atom stereocenters. The molecule has 3 saturated heterocycles. The zero-order chi connectivity index (χ0) is 37.7. The molecule has 0 radical (unpaired) electrons. The third-order valence-electron chi connectivity index (χ3n) is 12.2. The number of hydrazine groups is 1. The second-order valence-corrected chi connectivity index (χ2v) is 17.1. The van der Waals surface area contributed by atoms with Crippen LogP contribution in [-0.2, 0) is 33.7 Å². The van der Waals surface area contributed by atoms with Gasteiger partial charge in [0.25, 0.3) is 5.91 Å². The van der Waals surface area contributed by atoms with Gasteiger partial charge in [0, 0.05) is 60.6 Å². The number of rotatable bonds is 4. The Bertz CT molecular complexity index is 2050. The van der Waals surface area contributed by atoms with E-state index in [-0.39, 0.29) is 24.4 Å². The number of piperazine rings is 1. The van der Waals surface area contributed by atoms with Crippen molar-refractivity contribution in [3.8, 4) is 22.4 Å². The molecule has 4 aliphatic heterocycles. The smallest absolute Gasteiger partial charge is 0.324 e. The Morgan fingerprint density at radius 1 is 1.00 bits per heavy atom. The molecule has 10 nitrogen and oxygen atoms in total. The molecule has 2 aromatic carbocycles. The van der Waals surface area contributed by atoms with E-state index in [1.54, 1.807) is 0 Å². The molecule has 8 rings (SSSR count). The van der Waals surface area contributed by atoms with Crippen molar-refractivity contribution in [3.63, 3.8) is 0 Å². The standard InChI is InChI=1S/C44H57N7O3/c1-6-50-39-15-14-31-22-34(39)36(41(50)35-23-33(25-46-40(35)28(2)3)49-19-18-48-16-8-12-32(48)26-49)24-44(4,5)27-54-43(53)38-13-9-17-51(47-38)42(52)37(45)21-29-10-7-11-30(31)20-29/h7,10-11,14-15,20,22-23,25,28,32,37-38,47H,6,8-9,12-13,16-19,21,24,26-27,45H2,1-5H3/t32-,37+,38+/m1/s1. The molecule has 3 N–H and O–H groups in total. The summed E-state index contributed by atoms with van der Waals surface area (Å²) in [6.45, 7) is 17.0. The maximum Gasteiger partial charge on any atom is 0.324 e. The molecule has 10 heteroatoms. The predicted octanol–water partition coefficient (Wildman–Crippen LogP) is 6.29. The number of benzene rings is 2. The molecule has 3 fully saturated rings. The maximum absolute atomic E-state index is 13.6. The Kier molecular flexibility index (Phi) is 10.0. The summed E-state index contributed by atoms with van der Waals surface area (Å²) < 4.78 is 8.58. The van der Waals surface area contributed by atoms with Gasteiger partial charge in [0.05, 0.1) is 35.9 Å². The van der Waals surface area contributed by atoms with Gasteiger partial charge in [-0.05, 0) is 98.4 Å². The Morgan fingerprint density at radius 3 is 2.63 bits per heavy atom. The molecule has 4 aliphatic rings. The number of cyclic esters (lactones) is 1. The van der Waals surface area contributed by atoms with Gasteiger partial charge < -0.3 is 19.9 Å². The number of nitrogens with one attached hydrogen (secondary N) is 1. The van der Waals surface area contributed by atoms with Crippen molar-refractivity contribution >= 4 is 28.5 Å². The van der Waals surface area contributed by atoms with Crippen LogP contribution in [0.4, 0.5) is 5.69 Å². The van der Waals surface area contributed by atoms with E-state index in [0.717, 1.165) is 48.6 Å². The van der Waals surface area contributed by atoms with E-state index in [1.165, 1.54) is 57.8 Å². The van der Waals surface area contributed by atoms with Crippen LogP contribution in [0.3, 0.4) is 0 Å². The topological polar surface area (TPSA) is 109 Å². The number of carbonyl (C=O) groups is 2. The second-order valence-electron chi connectivity index (χ2n) is 17.1. The third kappa shape index (κ3) is 7.04. The van der Waals surface area contributed by atoms with Gasteiger partial charge in [0.1, 0.15) is 6.04 Å². The number of hydrogen-bond donors (Lipinski definition) is 2. The summed E-state index contributed by atoms with van der Waals surface area (Å²) in [6.07, 6.45) is 7.05. The Hall–Kier alpha value is -4.25. The average molecular weight is 732 g/mol. The summed E-state index contributed by atoms with van der Waals surface area (Å²) >= 11 is 0. The predicted molar refractivity (Wildman–Crippen MR) is 215 cm³/mol. The van der Waals surface area contributed by atoms with Crippen molar-refractivity contribution in [2.24, 2.45) is 11.1 Å². The lowest BCUT2D eigenvalue weighted by atomic mass is 9.83. The molecule has 0 saturated carbocycles. The molecule has 6 heterocycles. The van der Waals surface area contributed by atoms with E-state index in [2.05, 4.69) is 103 Å². The minimum atomic E-state index is -0.739. The summed E-state index contributed by atoms with van der Waals surface area (Å²) in [6, 6.07) is 16.9. The lowest BCUT2D eigenvalue weighted by Gasteiger charge is -2.39. The Labute approximate surface area is 320 Å². The van der Waals surface area contributed by atoms with E-state index in [1.807, 2.05) is 6.07 Å². The summed E-state index contributed by atoms with van der Waals surface area (Å²) in [5.41, 5.74) is 19.6. The molecule has 2 aromatic heterocycles. The Balaban J connectivity index is 1.28. The highest BCUT2D eigenvalue weighted by atomic mass is 16.5. The maximum atomic E-state index is 13.6. The fourth-order valence-electron chi connectivity index (χ4n) is 9.36. The number of fused-ring (bicyclic) bond motifs is 7. The van der Waals surface area contributed by atoms with Gasteiger partial charge in [0.15, 0.2) is 0 Å². The fourth-order valence-corrected chi connectivity index (χ4v) is 9.36. The number of hydrogen-bond acceptors (Lipinski definition) is 8. The van der Waals surface area contributed by atoms with Crippen LogP contribution in [0.1, 0.15) is 83.0 Å². The van der Waals surface area contributed by atoms with E-state index in [0.29, 0.717) is 38.3 Å². The van der Waals surface area contributed by atoms with Crippen molar-refractivity contribution in [3.05, 3.63) is 71.5 Å². The van der Waals surface area contributed by atoms with Crippen molar-refractivity contribution in [2.75, 3.05) is 44.2 Å². The molecular formula is C44H57N7O3. The second kappa shape index (κ2) is 14.8. The number of anilines is 1. The summed E-state index contributed by atoms with van der Waals surface area (Å²) in [5, 5.41) is 2.73. The quantitative estimate of drug-likeness (QED) is 0.236. The number of pyridine rings is 1. The highest BCUT2D eigenvalue weighted by molar-refractivity contribution is 5.95. The number of nitrogens with two attached hydrogens (primary N) is 1. The van der Waals surface area contributed by atoms with Crippen LogP contribution in [0.15, 0.2) is 54.7 Å². The monoisotopic (exact) mass is 731 g/mol. The number of carbonyl (C=O) groups excluding carboxylic acids is 2. The molecular weight excluding hydrogens is 675 g/mol. The van der Waals surface area contributed by atoms with E-state index in [9.17, 15) is 9.59 Å². The van der Waals surface area contributed by atoms with Gasteiger partial charge in [-0.25, -0.2) is 5.43 Å². The van der Waals surface area contributed by atoms with Crippen LogP contribution >= 0.6 is 0 Å². The van der Waals surface area contributed by atoms with Crippen molar-refractivity contribution in [1.29, 1.82) is 0 Å². The number of nitrogens with zero attached hydrogens (tertiary/aromatic N) is 5. The van der Waals surface area contributed by atoms with Crippen LogP contribution in [-0.4, -0.2) is 88.8 Å². The van der Waals surface area contributed by atoms with Gasteiger partial charge >= 0.3 is 5.97 Å². The van der Waals surface area contributed by atoms with Crippen LogP contribution in [0.25, 0.3) is 33.3 Å². The molecule has 286 valence electrons. The summed E-state index contributed by atoms with van der Waals surface area (Å²) in [7, 11) is 0. The zero-order valence-corrected chi connectivity index (χ0v) is 32.7. The van der Waals surface area contributed by atoms with Crippen LogP contribution in [0.2, 0.25) is 0 Å². The molecule has 0 spiro atoms. The number of esters is 1. The van der Waals surface area contributed by atoms with Gasteiger partial charge in [0.2, 0.25) is 0 Å². The normalized spacial score (nSPS) is 23.8. The number of aryl methyl sites for hydroxylation is 1. The first kappa shape index (κ1) is 36.7. The van der Waals surface area contributed by atoms with Crippen LogP contribution in [0, 0.1) is 5.41 Å². The minimum Gasteiger partial charge on any atom is -0.464 e. The highest BCUT2D eigenvalue weighted by Gasteiger charge is 2.35. The SMILES string of the molecule is CCn1c(-c2cc(N3CCN4CCC[C@@H]4C3)cnc2C(C)C)c2c3cc(ccc31)-c1cccc(c1)C[C@H](N)C(=O)N1CCC[C@H](N1)C(=O)OCC(C)(C)C2. The first-order valence-electron chi connectivity index (χ1n) is 20.2. The van der Waals surface area contributed by atoms with Crippen molar-refractivity contribution in [2.45, 2.75) is 104 Å². The zero-order valence-electron chi connectivity index (χ0n) is 32.7. The van der Waals surface area contributed by atoms with Crippen LogP contribution < -0.4 is 16.1 Å². The summed E-state index contributed by atoms with van der Waals surface area (Å²) in [5.74, 6) is -0.315. The molecule has 6 bridgehead atoms. The lowest BCUT2D eigenvalue weighted by Crippen LogP contribution is -2.59. The number of amides is 1. The fraction of sp³-hybridized carbons (Fsp3) is 0.523. The lowest BCUT2D eigenvalue weighted by molar-refractivity contribution is -0.154. The van der Waals surface area contributed by atoms with E-state index >= 15 is 0 Å². The van der Waals surface area contributed by atoms with E-state index in [4.69, 9.17) is 15.5 Å². The number of aromatic nitrogens is 2. The molecule has 4 aromatic rings. The third-order valence-corrected chi connectivity index (χ3v) is 12.2. The molecule has 1 amide bonds. The molecule has 0 unspecified atom stereocenters. The van der Waals surface area contributed by atoms with Crippen molar-refractivity contribution < 1.29 is 14.3 Å². The Morgan fingerprint density at radius 2 is 1.81 bits per heavy atom. The highest BCUT2D eigenvalue weighted by Crippen LogP contribution is 2.43. The van der Waals surface area contributed by atoms with Crippen molar-refractivity contribution in [1.82, 2.24) is 24.9 Å². The van der Waals surface area contributed by atoms with E-state index < -0.39 is 17.5 Å². The molecule has 0 aliphatic carbocycles. The average Bonchev–Trinajstić information content (AvgIpc) is 3.77. The largest absolute Gasteiger partial charge is 0.464 e. The van der Waals surface area contributed by atoms with Gasteiger partial charge in [-0.1, -0.05) is 58.0 Å². The molecule has 54 heavy (non-hydrogen) atoms. The summed E-state index contributed by atoms with van der Waals surface area (Å²) in [4.78, 5) is 37.5. The van der Waals surface area contributed by atoms with Gasteiger partial charge in [-0.2, -0.15) is 0 Å². The van der Waals surface area contributed by atoms with Gasteiger partial charge in [-0.15, -0.1) is 0 Å². The number of ether oxygens (including phenoxy) is 1. The minimum absolute atomic E-state index is 0.209. The van der Waals surface area contributed by atoms with Crippen LogP contribution in [0.5, 0.6) is 0 Å². The van der Waals surface area contributed by atoms with Gasteiger partial charge in [-0.3, -0.25) is 24.5 Å². The first-order valence-corrected chi connectivity index (χ1v) is 20.2.